The molecule has 2 atom stereocenters. The van der Waals surface area contributed by atoms with Crippen molar-refractivity contribution in [2.45, 2.75) is 63.9 Å². The molecule has 0 aromatic carbocycles. The molecule has 0 aromatic heterocycles. The standard InChI is InChI=1S/C11H23NO3S/c1-6-11(13,7-2)9-8-12(9)16(14,15)10(3,4)5/h9,13H,6-8H2,1-5H3. The van der Waals surface area contributed by atoms with Gasteiger partial charge >= 0.3 is 0 Å². The Kier molecular flexibility index (Phi) is 3.45. The first-order valence-corrected chi connectivity index (χ1v) is 7.28. The molecule has 96 valence electrons. The molecule has 0 aliphatic carbocycles. The van der Waals surface area contributed by atoms with Gasteiger partial charge in [-0.3, -0.25) is 0 Å². The summed E-state index contributed by atoms with van der Waals surface area (Å²) in [5.41, 5.74) is -0.863. The molecule has 1 heterocycles. The molecule has 0 radical (unpaired) electrons. The third-order valence-electron chi connectivity index (χ3n) is 3.49. The molecule has 0 aromatic rings. The average Bonchev–Trinajstić information content (AvgIpc) is 2.95. The summed E-state index contributed by atoms with van der Waals surface area (Å²) in [5, 5.41) is 10.3. The highest BCUT2D eigenvalue weighted by molar-refractivity contribution is 7.90. The van der Waals surface area contributed by atoms with Gasteiger partial charge in [0.15, 0.2) is 0 Å². The molecule has 4 nitrogen and oxygen atoms in total. The second kappa shape index (κ2) is 3.96. The Balaban J connectivity index is 2.86. The minimum Gasteiger partial charge on any atom is -0.388 e. The number of aliphatic hydroxyl groups is 1. The fourth-order valence-electron chi connectivity index (χ4n) is 1.90. The number of nitrogens with zero attached hydrogens (tertiary/aromatic N) is 1. The molecule has 2 unspecified atom stereocenters. The van der Waals surface area contributed by atoms with Crippen molar-refractivity contribution in [3.8, 4) is 0 Å². The van der Waals surface area contributed by atoms with E-state index in [1.165, 1.54) is 4.31 Å². The van der Waals surface area contributed by atoms with Gasteiger partial charge in [0.2, 0.25) is 10.0 Å². The van der Waals surface area contributed by atoms with Crippen molar-refractivity contribution in [1.82, 2.24) is 4.31 Å². The van der Waals surface area contributed by atoms with Crippen LogP contribution in [0.3, 0.4) is 0 Å². The van der Waals surface area contributed by atoms with Gasteiger partial charge in [-0.25, -0.2) is 8.42 Å². The zero-order chi connectivity index (χ0) is 12.8. The maximum atomic E-state index is 12.1. The van der Waals surface area contributed by atoms with Crippen molar-refractivity contribution in [3.05, 3.63) is 0 Å². The lowest BCUT2D eigenvalue weighted by Gasteiger charge is -2.27. The quantitative estimate of drug-likeness (QED) is 0.765. The van der Waals surface area contributed by atoms with E-state index in [2.05, 4.69) is 0 Å². The van der Waals surface area contributed by atoms with E-state index >= 15 is 0 Å². The van der Waals surface area contributed by atoms with Gasteiger partial charge in [-0.15, -0.1) is 0 Å². The maximum Gasteiger partial charge on any atom is 0.219 e. The van der Waals surface area contributed by atoms with Crippen molar-refractivity contribution >= 4 is 10.0 Å². The van der Waals surface area contributed by atoms with Gasteiger partial charge in [0.25, 0.3) is 0 Å². The van der Waals surface area contributed by atoms with E-state index < -0.39 is 20.4 Å². The largest absolute Gasteiger partial charge is 0.388 e. The van der Waals surface area contributed by atoms with Crippen LogP contribution in [0.4, 0.5) is 0 Å². The summed E-state index contributed by atoms with van der Waals surface area (Å²) < 4.78 is 24.9. The third-order valence-corrected chi connectivity index (χ3v) is 6.06. The minimum atomic E-state index is -3.28. The highest BCUT2D eigenvalue weighted by atomic mass is 32.2. The van der Waals surface area contributed by atoms with Crippen LogP contribution in [-0.4, -0.2) is 40.8 Å². The number of hydrogen-bond donors (Lipinski definition) is 1. The average molecular weight is 249 g/mol. The van der Waals surface area contributed by atoms with E-state index in [0.717, 1.165) is 0 Å². The van der Waals surface area contributed by atoms with Crippen molar-refractivity contribution in [3.63, 3.8) is 0 Å². The Morgan fingerprint density at radius 2 is 1.69 bits per heavy atom. The zero-order valence-electron chi connectivity index (χ0n) is 10.8. The van der Waals surface area contributed by atoms with E-state index in [4.69, 9.17) is 0 Å². The molecular weight excluding hydrogens is 226 g/mol. The Bertz CT molecular complexity index is 352. The lowest BCUT2D eigenvalue weighted by Crippen LogP contribution is -2.41. The first kappa shape index (κ1) is 13.9. The molecule has 1 rings (SSSR count). The van der Waals surface area contributed by atoms with Crippen molar-refractivity contribution in [2.75, 3.05) is 6.54 Å². The van der Waals surface area contributed by atoms with Gasteiger partial charge in [0.1, 0.15) is 0 Å². The van der Waals surface area contributed by atoms with Crippen LogP contribution in [0.1, 0.15) is 47.5 Å². The SMILES string of the molecule is CCC(O)(CC)C1CN1S(=O)(=O)C(C)(C)C. The number of rotatable bonds is 4. The van der Waals surface area contributed by atoms with Crippen LogP contribution >= 0.6 is 0 Å². The Morgan fingerprint density at radius 3 is 2.00 bits per heavy atom. The lowest BCUT2D eigenvalue weighted by molar-refractivity contribution is 0.0247. The monoisotopic (exact) mass is 249 g/mol. The first-order valence-electron chi connectivity index (χ1n) is 5.84. The van der Waals surface area contributed by atoms with E-state index in [1.807, 2.05) is 13.8 Å². The highest BCUT2D eigenvalue weighted by Crippen LogP contribution is 2.39. The molecular formula is C11H23NO3S. The maximum absolute atomic E-state index is 12.1. The van der Waals surface area contributed by atoms with Crippen LogP contribution in [-0.2, 0) is 10.0 Å². The molecule has 16 heavy (non-hydrogen) atoms. The molecule has 1 aliphatic rings. The molecule has 1 aliphatic heterocycles. The molecule has 1 N–H and O–H groups in total. The topological polar surface area (TPSA) is 57.4 Å². The van der Waals surface area contributed by atoms with E-state index in [0.29, 0.717) is 19.4 Å². The summed E-state index contributed by atoms with van der Waals surface area (Å²) in [7, 11) is -3.28. The smallest absolute Gasteiger partial charge is 0.219 e. The molecule has 0 spiro atoms. The van der Waals surface area contributed by atoms with Gasteiger partial charge in [-0.1, -0.05) is 13.8 Å². The molecule has 0 amide bonds. The molecule has 5 heteroatoms. The van der Waals surface area contributed by atoms with E-state index in [9.17, 15) is 13.5 Å². The molecule has 0 saturated carbocycles. The summed E-state index contributed by atoms with van der Waals surface area (Å²) >= 11 is 0. The normalized spacial score (nSPS) is 26.9. The van der Waals surface area contributed by atoms with Crippen LogP contribution in [0.2, 0.25) is 0 Å². The van der Waals surface area contributed by atoms with Crippen LogP contribution in [0.15, 0.2) is 0 Å². The minimum absolute atomic E-state index is 0.230. The second-order valence-electron chi connectivity index (χ2n) is 5.51. The zero-order valence-corrected chi connectivity index (χ0v) is 11.6. The lowest BCUT2D eigenvalue weighted by atomic mass is 9.94. The van der Waals surface area contributed by atoms with Gasteiger partial charge in [0.05, 0.1) is 16.4 Å². The van der Waals surface area contributed by atoms with Gasteiger partial charge in [0, 0.05) is 6.54 Å². The molecule has 0 bridgehead atoms. The number of hydrogen-bond acceptors (Lipinski definition) is 3. The Hall–Kier alpha value is -0.130. The van der Waals surface area contributed by atoms with E-state index in [1.54, 1.807) is 20.8 Å². The van der Waals surface area contributed by atoms with Crippen molar-refractivity contribution in [1.29, 1.82) is 0 Å². The van der Waals surface area contributed by atoms with Crippen LogP contribution < -0.4 is 0 Å². The van der Waals surface area contributed by atoms with Gasteiger partial charge in [-0.2, -0.15) is 4.31 Å². The Labute approximate surface area is 98.7 Å². The second-order valence-corrected chi connectivity index (χ2v) is 8.16. The summed E-state index contributed by atoms with van der Waals surface area (Å²) in [6.07, 6.45) is 1.18. The molecule has 1 fully saturated rings. The summed E-state index contributed by atoms with van der Waals surface area (Å²) in [4.78, 5) is 0. The summed E-state index contributed by atoms with van der Waals surface area (Å²) in [5.74, 6) is 0. The fourth-order valence-corrected chi connectivity index (χ4v) is 3.47. The van der Waals surface area contributed by atoms with Crippen LogP contribution in [0, 0.1) is 0 Å². The first-order chi connectivity index (χ1) is 7.10. The van der Waals surface area contributed by atoms with E-state index in [-0.39, 0.29) is 6.04 Å². The van der Waals surface area contributed by atoms with Crippen LogP contribution in [0.25, 0.3) is 0 Å². The van der Waals surface area contributed by atoms with Gasteiger partial charge in [-0.05, 0) is 33.6 Å². The predicted octanol–water partition coefficient (Wildman–Crippen LogP) is 1.35. The highest BCUT2D eigenvalue weighted by Gasteiger charge is 2.56. The number of sulfonamides is 1. The van der Waals surface area contributed by atoms with Crippen molar-refractivity contribution in [2.24, 2.45) is 0 Å². The predicted molar refractivity (Wildman–Crippen MR) is 64.7 cm³/mol. The summed E-state index contributed by atoms with van der Waals surface area (Å²) in [6, 6.07) is -0.230. The third kappa shape index (κ3) is 2.13. The van der Waals surface area contributed by atoms with Crippen LogP contribution in [0.5, 0.6) is 0 Å². The van der Waals surface area contributed by atoms with Gasteiger partial charge < -0.3 is 5.11 Å². The molecule has 1 saturated heterocycles. The van der Waals surface area contributed by atoms with Crippen molar-refractivity contribution < 1.29 is 13.5 Å². The summed E-state index contributed by atoms with van der Waals surface area (Å²) in [6.45, 7) is 9.31. The Morgan fingerprint density at radius 1 is 1.25 bits per heavy atom. The fraction of sp³-hybridized carbons (Fsp3) is 1.00.